The van der Waals surface area contributed by atoms with Gasteiger partial charge in [-0.3, -0.25) is 0 Å². The molecule has 132 valence electrons. The monoisotopic (exact) mass is 340 g/mol. The summed E-state index contributed by atoms with van der Waals surface area (Å²) in [6.45, 7) is 12.3. The highest BCUT2D eigenvalue weighted by atomic mass is 16.7. The second kappa shape index (κ2) is 9.98. The Bertz CT molecular complexity index is 523. The molecule has 0 bridgehead atoms. The quantitative estimate of drug-likeness (QED) is 0.372. The molecule has 0 aliphatic carbocycles. The summed E-state index contributed by atoms with van der Waals surface area (Å²) in [4.78, 5) is 45.3. The van der Waals surface area contributed by atoms with E-state index in [0.29, 0.717) is 0 Å². The Morgan fingerprint density at radius 2 is 1.00 bits per heavy atom. The molecular formula is C16H20O8. The number of carbonyl (C=O) groups is 4. The van der Waals surface area contributed by atoms with Crippen LogP contribution in [0.4, 0.5) is 0 Å². The Morgan fingerprint density at radius 3 is 1.25 bits per heavy atom. The van der Waals surface area contributed by atoms with Gasteiger partial charge in [0.05, 0.1) is 0 Å². The lowest BCUT2D eigenvalue weighted by Gasteiger charge is -2.13. The van der Waals surface area contributed by atoms with Crippen molar-refractivity contribution in [3.63, 3.8) is 0 Å². The summed E-state index contributed by atoms with van der Waals surface area (Å²) >= 11 is 0. The largest absolute Gasteiger partial charge is 0.422 e. The molecule has 2 unspecified atom stereocenters. The van der Waals surface area contributed by atoms with E-state index >= 15 is 0 Å². The van der Waals surface area contributed by atoms with E-state index in [1.807, 2.05) is 0 Å². The summed E-state index contributed by atoms with van der Waals surface area (Å²) < 4.78 is 18.9. The maximum Gasteiger partial charge on any atom is 0.336 e. The second-order valence-electron chi connectivity index (χ2n) is 4.71. The Kier molecular flexibility index (Phi) is 8.78. The molecule has 8 nitrogen and oxygen atoms in total. The van der Waals surface area contributed by atoms with Crippen LogP contribution in [-0.2, 0) is 38.1 Å². The molecule has 0 saturated heterocycles. The molecule has 0 fully saturated rings. The first kappa shape index (κ1) is 21.1. The summed E-state index contributed by atoms with van der Waals surface area (Å²) in [5.74, 6) is -3.29. The van der Waals surface area contributed by atoms with Gasteiger partial charge >= 0.3 is 23.9 Å². The van der Waals surface area contributed by atoms with Crippen molar-refractivity contribution in [3.8, 4) is 0 Å². The predicted octanol–water partition coefficient (Wildman–Crippen LogP) is 1.56. The van der Waals surface area contributed by atoms with Crippen molar-refractivity contribution >= 4 is 23.9 Å². The molecule has 0 spiro atoms. The third-order valence-corrected chi connectivity index (χ3v) is 2.16. The average Bonchev–Trinajstić information content (AvgIpc) is 2.44. The summed E-state index contributed by atoms with van der Waals surface area (Å²) in [5.41, 5.74) is 0.297. The average molecular weight is 340 g/mol. The van der Waals surface area contributed by atoms with E-state index < -0.39 is 36.5 Å². The zero-order valence-corrected chi connectivity index (χ0v) is 14.0. The number of hydrogen-bond acceptors (Lipinski definition) is 8. The van der Waals surface area contributed by atoms with Gasteiger partial charge in [0.1, 0.15) is 0 Å². The smallest absolute Gasteiger partial charge is 0.336 e. The fourth-order valence-electron chi connectivity index (χ4n) is 1.09. The van der Waals surface area contributed by atoms with Crippen LogP contribution in [0.2, 0.25) is 0 Å². The van der Waals surface area contributed by atoms with Crippen LogP contribution in [-0.4, -0.2) is 36.5 Å². The summed E-state index contributed by atoms with van der Waals surface area (Å²) in [6.07, 6.45) is -0.753. The standard InChI is InChI=1S/C16H20O8/c1-9(2)15(19)23-11(5)21-13(17)7-8-14(18)22-12(6)24-16(20)10(3)4/h7-8,11-12H,1,3H2,2,4-6H3/b8-7+. The molecule has 24 heavy (non-hydrogen) atoms. The molecule has 0 aromatic heterocycles. The van der Waals surface area contributed by atoms with E-state index in [9.17, 15) is 19.2 Å². The van der Waals surface area contributed by atoms with Gasteiger partial charge in [0.25, 0.3) is 0 Å². The number of ether oxygens (including phenoxy) is 4. The van der Waals surface area contributed by atoms with Gasteiger partial charge in [0.15, 0.2) is 0 Å². The van der Waals surface area contributed by atoms with Crippen molar-refractivity contribution in [2.45, 2.75) is 40.3 Å². The Morgan fingerprint density at radius 1 is 0.708 bits per heavy atom. The van der Waals surface area contributed by atoms with Crippen molar-refractivity contribution in [3.05, 3.63) is 36.5 Å². The van der Waals surface area contributed by atoms with Crippen molar-refractivity contribution < 1.29 is 38.1 Å². The van der Waals surface area contributed by atoms with Gasteiger partial charge < -0.3 is 18.9 Å². The van der Waals surface area contributed by atoms with E-state index in [1.54, 1.807) is 0 Å². The lowest BCUT2D eigenvalue weighted by molar-refractivity contribution is -0.181. The van der Waals surface area contributed by atoms with Gasteiger partial charge in [-0.25, -0.2) is 19.2 Å². The van der Waals surface area contributed by atoms with Crippen LogP contribution in [0.5, 0.6) is 0 Å². The van der Waals surface area contributed by atoms with E-state index in [2.05, 4.69) is 13.2 Å². The molecule has 0 radical (unpaired) electrons. The maximum absolute atomic E-state index is 11.4. The Hall–Kier alpha value is -2.90. The molecule has 0 amide bonds. The summed E-state index contributed by atoms with van der Waals surface area (Å²) in [6, 6.07) is 0. The minimum absolute atomic E-state index is 0.148. The molecule has 0 N–H and O–H groups in total. The third-order valence-electron chi connectivity index (χ3n) is 2.16. The molecular weight excluding hydrogens is 320 g/mol. The van der Waals surface area contributed by atoms with Gasteiger partial charge in [0.2, 0.25) is 12.6 Å². The van der Waals surface area contributed by atoms with Crippen LogP contribution in [0.25, 0.3) is 0 Å². The molecule has 2 atom stereocenters. The number of rotatable bonds is 8. The minimum atomic E-state index is -1.15. The fourth-order valence-corrected chi connectivity index (χ4v) is 1.09. The zero-order valence-electron chi connectivity index (χ0n) is 14.0. The maximum atomic E-state index is 11.4. The predicted molar refractivity (Wildman–Crippen MR) is 82.1 cm³/mol. The van der Waals surface area contributed by atoms with Crippen molar-refractivity contribution in [1.82, 2.24) is 0 Å². The van der Waals surface area contributed by atoms with Gasteiger partial charge in [-0.05, 0) is 13.8 Å². The SMILES string of the molecule is C=C(C)C(=O)OC(C)OC(=O)/C=C/C(=O)OC(C)OC(=O)C(=C)C. The third kappa shape index (κ3) is 9.19. The van der Waals surface area contributed by atoms with E-state index in [4.69, 9.17) is 18.9 Å². The molecule has 0 saturated carbocycles. The van der Waals surface area contributed by atoms with Crippen LogP contribution in [0.1, 0.15) is 27.7 Å². The first-order valence-corrected chi connectivity index (χ1v) is 6.85. The van der Waals surface area contributed by atoms with Crippen molar-refractivity contribution in [1.29, 1.82) is 0 Å². The number of esters is 4. The Balaban J connectivity index is 4.32. The van der Waals surface area contributed by atoms with Crippen LogP contribution in [0.15, 0.2) is 36.5 Å². The molecule has 0 heterocycles. The summed E-state index contributed by atoms with van der Waals surface area (Å²) in [7, 11) is 0. The molecule has 8 heteroatoms. The van der Waals surface area contributed by atoms with E-state index in [0.717, 1.165) is 12.2 Å². The normalized spacial score (nSPS) is 12.7. The first-order valence-electron chi connectivity index (χ1n) is 6.85. The topological polar surface area (TPSA) is 105 Å². The van der Waals surface area contributed by atoms with E-state index in [-0.39, 0.29) is 11.1 Å². The van der Waals surface area contributed by atoms with Crippen LogP contribution in [0.3, 0.4) is 0 Å². The summed E-state index contributed by atoms with van der Waals surface area (Å²) in [5, 5.41) is 0. The van der Waals surface area contributed by atoms with Gasteiger partial charge in [-0.2, -0.15) is 0 Å². The highest BCUT2D eigenvalue weighted by Crippen LogP contribution is 2.02. The lowest BCUT2D eigenvalue weighted by Crippen LogP contribution is -2.22. The molecule has 0 aliphatic heterocycles. The van der Waals surface area contributed by atoms with Crippen LogP contribution < -0.4 is 0 Å². The first-order chi connectivity index (χ1) is 11.0. The highest BCUT2D eigenvalue weighted by molar-refractivity contribution is 5.92. The number of hydrogen-bond donors (Lipinski definition) is 0. The minimum Gasteiger partial charge on any atom is -0.422 e. The van der Waals surface area contributed by atoms with Crippen molar-refractivity contribution in [2.75, 3.05) is 0 Å². The van der Waals surface area contributed by atoms with Gasteiger partial charge in [-0.1, -0.05) is 13.2 Å². The Labute approximate surface area is 139 Å². The van der Waals surface area contributed by atoms with Crippen molar-refractivity contribution in [2.24, 2.45) is 0 Å². The highest BCUT2D eigenvalue weighted by Gasteiger charge is 2.15. The van der Waals surface area contributed by atoms with Gasteiger partial charge in [0, 0.05) is 37.1 Å². The molecule has 0 aromatic rings. The zero-order chi connectivity index (χ0) is 18.9. The molecule has 0 rings (SSSR count). The van der Waals surface area contributed by atoms with E-state index in [1.165, 1.54) is 27.7 Å². The molecule has 0 aromatic carbocycles. The van der Waals surface area contributed by atoms with Gasteiger partial charge in [-0.15, -0.1) is 0 Å². The second-order valence-corrected chi connectivity index (χ2v) is 4.71. The van der Waals surface area contributed by atoms with Crippen LogP contribution >= 0.6 is 0 Å². The molecule has 0 aliphatic rings. The van der Waals surface area contributed by atoms with Crippen LogP contribution in [0, 0.1) is 0 Å². The lowest BCUT2D eigenvalue weighted by atomic mass is 10.4. The number of carbonyl (C=O) groups excluding carboxylic acids is 4. The fraction of sp³-hybridized carbons (Fsp3) is 0.375.